The van der Waals surface area contributed by atoms with Crippen molar-refractivity contribution < 1.29 is 17.9 Å². The van der Waals surface area contributed by atoms with Gasteiger partial charge in [0, 0.05) is 29.7 Å². The maximum absolute atomic E-state index is 12.9. The first-order valence-electron chi connectivity index (χ1n) is 10.2. The Morgan fingerprint density at radius 1 is 1.06 bits per heavy atom. The predicted octanol–water partition coefficient (Wildman–Crippen LogP) is 4.62. The number of carbonyl (C=O) groups excluding carboxylic acids is 1. The number of benzene rings is 2. The number of nitrogens with zero attached hydrogens (tertiary/aromatic N) is 1. The lowest BCUT2D eigenvalue weighted by Crippen LogP contribution is -2.25. The van der Waals surface area contributed by atoms with Crippen LogP contribution in [0, 0.1) is 6.92 Å². The maximum Gasteiger partial charge on any atom is 0.240 e. The van der Waals surface area contributed by atoms with Crippen molar-refractivity contribution in [3.8, 4) is 5.75 Å². The highest BCUT2D eigenvalue weighted by Crippen LogP contribution is 2.31. The zero-order valence-electron chi connectivity index (χ0n) is 17.9. The smallest absolute Gasteiger partial charge is 0.240 e. The van der Waals surface area contributed by atoms with Crippen LogP contribution in [-0.4, -0.2) is 32.4 Å². The molecule has 0 saturated carbocycles. The number of ketones is 1. The Hall–Kier alpha value is -2.94. The van der Waals surface area contributed by atoms with Crippen LogP contribution in [0.1, 0.15) is 27.3 Å². The summed E-state index contributed by atoms with van der Waals surface area (Å²) in [5, 5.41) is 1.02. The molecule has 0 amide bonds. The van der Waals surface area contributed by atoms with Gasteiger partial charge < -0.3 is 9.30 Å². The van der Waals surface area contributed by atoms with E-state index < -0.39 is 10.0 Å². The zero-order chi connectivity index (χ0) is 22.7. The molecule has 0 aliphatic heterocycles. The Morgan fingerprint density at radius 2 is 1.78 bits per heavy atom. The third-order valence-electron chi connectivity index (χ3n) is 5.26. The van der Waals surface area contributed by atoms with Crippen LogP contribution in [0.5, 0.6) is 5.75 Å². The van der Waals surface area contributed by atoms with Crippen LogP contribution in [-0.2, 0) is 16.6 Å². The largest absolute Gasteiger partial charge is 0.497 e. The van der Waals surface area contributed by atoms with Gasteiger partial charge in [-0.3, -0.25) is 4.79 Å². The van der Waals surface area contributed by atoms with E-state index in [9.17, 15) is 13.2 Å². The molecule has 166 valence electrons. The molecule has 2 heterocycles. The first kappa shape index (κ1) is 22.3. The van der Waals surface area contributed by atoms with Gasteiger partial charge in [0.05, 0.1) is 16.9 Å². The van der Waals surface area contributed by atoms with Crippen LogP contribution in [0.15, 0.2) is 71.6 Å². The summed E-state index contributed by atoms with van der Waals surface area (Å²) in [6.45, 7) is 3.01. The number of carbonyl (C=O) groups is 1. The van der Waals surface area contributed by atoms with Crippen molar-refractivity contribution in [2.75, 3.05) is 13.7 Å². The summed E-state index contributed by atoms with van der Waals surface area (Å²) in [5.41, 5.74) is 1.70. The molecule has 0 bridgehead atoms. The molecule has 0 atom stereocenters. The number of thiophene rings is 1. The van der Waals surface area contributed by atoms with Gasteiger partial charge in [-0.15, -0.1) is 11.3 Å². The van der Waals surface area contributed by atoms with Crippen LogP contribution in [0.4, 0.5) is 0 Å². The third kappa shape index (κ3) is 4.62. The van der Waals surface area contributed by atoms with E-state index in [2.05, 4.69) is 15.4 Å². The van der Waals surface area contributed by atoms with Gasteiger partial charge in [-0.1, -0.05) is 18.2 Å². The highest BCUT2D eigenvalue weighted by Gasteiger charge is 2.17. The number of hydrogen-bond donors (Lipinski definition) is 1. The molecule has 2 aromatic heterocycles. The van der Waals surface area contributed by atoms with E-state index in [1.807, 2.05) is 13.0 Å². The second-order valence-electron chi connectivity index (χ2n) is 7.43. The van der Waals surface area contributed by atoms with Gasteiger partial charge in [0.15, 0.2) is 0 Å². The van der Waals surface area contributed by atoms with Crippen LogP contribution in [0.2, 0.25) is 0 Å². The van der Waals surface area contributed by atoms with Gasteiger partial charge in [-0.2, -0.15) is 0 Å². The molecule has 6 nitrogen and oxygen atoms in total. The van der Waals surface area contributed by atoms with Gasteiger partial charge in [0.2, 0.25) is 15.8 Å². The highest BCUT2D eigenvalue weighted by atomic mass is 32.2. The Kier molecular flexibility index (Phi) is 6.45. The standard InChI is InChI=1S/C24H24N2O4S2/c1-17-15-19-16-22(23(27)18-9-11-20(30-2)12-10-18)31-24(19)26(17)14-6-13-25-32(28,29)21-7-4-3-5-8-21/h3-5,7-12,15-16,25H,6,13-14H2,1-2H3. The van der Waals surface area contributed by atoms with Crippen LogP contribution in [0.3, 0.4) is 0 Å². The van der Waals surface area contributed by atoms with Gasteiger partial charge in [0.1, 0.15) is 10.6 Å². The molecule has 1 N–H and O–H groups in total. The molecule has 0 spiro atoms. The second kappa shape index (κ2) is 9.28. The zero-order valence-corrected chi connectivity index (χ0v) is 19.5. The minimum atomic E-state index is -3.51. The van der Waals surface area contributed by atoms with E-state index in [-0.39, 0.29) is 10.7 Å². The van der Waals surface area contributed by atoms with E-state index in [4.69, 9.17) is 4.74 Å². The summed E-state index contributed by atoms with van der Waals surface area (Å²) in [5.74, 6) is 0.691. The molecule has 0 fully saturated rings. The van der Waals surface area contributed by atoms with Crippen molar-refractivity contribution in [2.45, 2.75) is 24.8 Å². The molecule has 4 rings (SSSR count). The molecule has 0 unspecified atom stereocenters. The molecular formula is C24H24N2O4S2. The highest BCUT2D eigenvalue weighted by molar-refractivity contribution is 7.89. The van der Waals surface area contributed by atoms with E-state index in [0.29, 0.717) is 35.7 Å². The Bertz CT molecular complexity index is 1340. The summed E-state index contributed by atoms with van der Waals surface area (Å²) in [6.07, 6.45) is 0.635. The minimum Gasteiger partial charge on any atom is -0.497 e. The monoisotopic (exact) mass is 468 g/mol. The van der Waals surface area contributed by atoms with Gasteiger partial charge >= 0.3 is 0 Å². The van der Waals surface area contributed by atoms with Crippen molar-refractivity contribution in [1.82, 2.24) is 9.29 Å². The number of hydrogen-bond acceptors (Lipinski definition) is 5. The average molecular weight is 469 g/mol. The fraction of sp³-hybridized carbons (Fsp3) is 0.208. The summed E-state index contributed by atoms with van der Waals surface area (Å²) >= 11 is 1.46. The van der Waals surface area contributed by atoms with Crippen LogP contribution in [0.25, 0.3) is 10.2 Å². The number of methoxy groups -OCH3 is 1. The molecule has 32 heavy (non-hydrogen) atoms. The third-order valence-corrected chi connectivity index (χ3v) is 7.91. The molecular weight excluding hydrogens is 444 g/mol. The number of nitrogens with one attached hydrogen (secondary N) is 1. The fourth-order valence-corrected chi connectivity index (χ4v) is 5.86. The average Bonchev–Trinajstić information content (AvgIpc) is 3.34. The second-order valence-corrected chi connectivity index (χ2v) is 10.2. The van der Waals surface area contributed by atoms with Crippen molar-refractivity contribution in [2.24, 2.45) is 0 Å². The number of fused-ring (bicyclic) bond motifs is 1. The number of ether oxygens (including phenoxy) is 1. The van der Waals surface area contributed by atoms with E-state index in [1.165, 1.54) is 11.3 Å². The Balaban J connectivity index is 1.44. The SMILES string of the molecule is COc1ccc(C(=O)c2cc3cc(C)n(CCCNS(=O)(=O)c4ccccc4)c3s2)cc1. The van der Waals surface area contributed by atoms with Crippen molar-refractivity contribution in [3.05, 3.63) is 82.9 Å². The van der Waals surface area contributed by atoms with Crippen molar-refractivity contribution >= 4 is 37.4 Å². The fourth-order valence-electron chi connectivity index (χ4n) is 3.57. The summed E-state index contributed by atoms with van der Waals surface area (Å²) in [4.78, 5) is 14.9. The van der Waals surface area contributed by atoms with Crippen LogP contribution < -0.4 is 9.46 Å². The molecule has 0 radical (unpaired) electrons. The molecule has 0 saturated heterocycles. The molecule has 0 aliphatic rings. The predicted molar refractivity (Wildman–Crippen MR) is 127 cm³/mol. The van der Waals surface area contributed by atoms with Gasteiger partial charge in [0.25, 0.3) is 0 Å². The lowest BCUT2D eigenvalue weighted by Gasteiger charge is -2.09. The lowest BCUT2D eigenvalue weighted by atomic mass is 10.1. The first-order valence-corrected chi connectivity index (χ1v) is 12.5. The normalized spacial score (nSPS) is 11.7. The first-order chi connectivity index (χ1) is 15.4. The minimum absolute atomic E-state index is 0.0197. The summed E-state index contributed by atoms with van der Waals surface area (Å²) in [6, 6.07) is 19.4. The van der Waals surface area contributed by atoms with Gasteiger partial charge in [-0.05, 0) is 61.9 Å². The Labute approximate surface area is 191 Å². The van der Waals surface area contributed by atoms with E-state index in [1.54, 1.807) is 61.7 Å². The summed E-state index contributed by atoms with van der Waals surface area (Å²) < 4.78 is 34.7. The number of aromatic nitrogens is 1. The van der Waals surface area contributed by atoms with E-state index in [0.717, 1.165) is 15.9 Å². The quantitative estimate of drug-likeness (QED) is 0.287. The Morgan fingerprint density at radius 3 is 2.47 bits per heavy atom. The van der Waals surface area contributed by atoms with Crippen molar-refractivity contribution in [3.63, 3.8) is 0 Å². The number of rotatable bonds is 9. The number of sulfonamides is 1. The maximum atomic E-state index is 12.9. The lowest BCUT2D eigenvalue weighted by molar-refractivity contribution is 0.104. The molecule has 2 aromatic carbocycles. The van der Waals surface area contributed by atoms with Gasteiger partial charge in [-0.25, -0.2) is 13.1 Å². The van der Waals surface area contributed by atoms with Crippen molar-refractivity contribution in [1.29, 1.82) is 0 Å². The summed E-state index contributed by atoms with van der Waals surface area (Å²) in [7, 11) is -1.91. The molecule has 4 aromatic rings. The van der Waals surface area contributed by atoms with Crippen LogP contribution >= 0.6 is 11.3 Å². The van der Waals surface area contributed by atoms with E-state index >= 15 is 0 Å². The molecule has 8 heteroatoms. The topological polar surface area (TPSA) is 77.4 Å². The molecule has 0 aliphatic carbocycles. The number of aryl methyl sites for hydroxylation is 2.